The number of thiophene rings is 1. The highest BCUT2D eigenvalue weighted by molar-refractivity contribution is 7.17. The van der Waals surface area contributed by atoms with Gasteiger partial charge in [-0.2, -0.15) is 0 Å². The molecule has 0 atom stereocenters. The van der Waals surface area contributed by atoms with Gasteiger partial charge in [0.15, 0.2) is 0 Å². The minimum atomic E-state index is -0.219. The van der Waals surface area contributed by atoms with Gasteiger partial charge < -0.3 is 20.6 Å². The van der Waals surface area contributed by atoms with E-state index in [1.54, 1.807) is 0 Å². The Bertz CT molecular complexity index is 1170. The highest BCUT2D eigenvalue weighted by Gasteiger charge is 2.17. The number of fused-ring (bicyclic) bond motifs is 2. The van der Waals surface area contributed by atoms with Crippen LogP contribution < -0.4 is 16.2 Å². The molecular weight excluding hydrogens is 346 g/mol. The molecule has 1 fully saturated rings. The highest BCUT2D eigenvalue weighted by Crippen LogP contribution is 2.32. The van der Waals surface area contributed by atoms with Crippen molar-refractivity contribution in [1.29, 1.82) is 0 Å². The van der Waals surface area contributed by atoms with E-state index in [1.165, 1.54) is 36.3 Å². The second kappa shape index (κ2) is 5.88. The smallest absolute Gasteiger partial charge is 0.261 e. The van der Waals surface area contributed by atoms with Gasteiger partial charge in [0, 0.05) is 18.8 Å². The van der Waals surface area contributed by atoms with E-state index in [4.69, 9.17) is 5.73 Å². The maximum atomic E-state index is 12.5. The molecule has 0 bridgehead atoms. The lowest BCUT2D eigenvalue weighted by Crippen LogP contribution is -2.29. The quantitative estimate of drug-likeness (QED) is 0.505. The molecule has 1 aromatic carbocycles. The second-order valence-electron chi connectivity index (χ2n) is 6.74. The molecule has 0 radical (unpaired) electrons. The van der Waals surface area contributed by atoms with E-state index in [-0.39, 0.29) is 5.56 Å². The summed E-state index contributed by atoms with van der Waals surface area (Å²) in [5.74, 6) is 0.518. The van der Waals surface area contributed by atoms with Gasteiger partial charge in [0.1, 0.15) is 11.4 Å². The number of hydrogen-bond acceptors (Lipinski definition) is 5. The summed E-state index contributed by atoms with van der Waals surface area (Å²) >= 11 is 1.52. The molecule has 6 nitrogen and oxygen atoms in total. The average molecular weight is 365 g/mol. The van der Waals surface area contributed by atoms with Gasteiger partial charge in [-0.1, -0.05) is 0 Å². The van der Waals surface area contributed by atoms with Gasteiger partial charge in [-0.3, -0.25) is 4.79 Å². The summed E-state index contributed by atoms with van der Waals surface area (Å²) < 4.78 is 0.883. The zero-order chi connectivity index (χ0) is 17.7. The van der Waals surface area contributed by atoms with E-state index in [2.05, 4.69) is 32.0 Å². The first-order valence-corrected chi connectivity index (χ1v) is 9.73. The molecule has 0 unspecified atom stereocenters. The standard InChI is InChI=1S/C19H19N5OS/c20-16-15(19(25)23-13-6-9-26-17(13)16)18-21-12-5-4-11(10-14(12)22-18)24-7-2-1-3-8-24/h4-6,9-10H,1-3,7-8H2,(H,21,22)(H3,20,23,25). The van der Waals surface area contributed by atoms with Crippen molar-refractivity contribution in [2.75, 3.05) is 23.7 Å². The van der Waals surface area contributed by atoms with Crippen molar-refractivity contribution >= 4 is 44.0 Å². The van der Waals surface area contributed by atoms with Gasteiger partial charge in [0.25, 0.3) is 5.56 Å². The summed E-state index contributed by atoms with van der Waals surface area (Å²) in [6, 6.07) is 8.10. The average Bonchev–Trinajstić information content (AvgIpc) is 3.28. The number of imidazole rings is 1. The maximum Gasteiger partial charge on any atom is 0.261 e. The molecule has 1 saturated heterocycles. The number of nitrogens with one attached hydrogen (secondary N) is 2. The Hall–Kier alpha value is -2.80. The Balaban J connectivity index is 1.63. The third-order valence-electron chi connectivity index (χ3n) is 5.08. The van der Waals surface area contributed by atoms with Gasteiger partial charge in [0.2, 0.25) is 0 Å². The van der Waals surface area contributed by atoms with Crippen molar-refractivity contribution in [2.45, 2.75) is 19.3 Å². The first-order chi connectivity index (χ1) is 12.7. The van der Waals surface area contributed by atoms with Crippen LogP contribution in [0.25, 0.3) is 32.6 Å². The molecule has 5 rings (SSSR count). The van der Waals surface area contributed by atoms with Crippen LogP contribution in [0, 0.1) is 0 Å². The fraction of sp³-hybridized carbons (Fsp3) is 0.263. The Morgan fingerprint density at radius 3 is 2.77 bits per heavy atom. The molecule has 3 aromatic heterocycles. The summed E-state index contributed by atoms with van der Waals surface area (Å²) in [6.07, 6.45) is 3.78. The number of H-pyrrole nitrogens is 2. The number of nitrogens with zero attached hydrogens (tertiary/aromatic N) is 2. The second-order valence-corrected chi connectivity index (χ2v) is 7.66. The minimum absolute atomic E-state index is 0.219. The third-order valence-corrected chi connectivity index (χ3v) is 6.03. The first kappa shape index (κ1) is 15.5. The molecule has 1 aliphatic rings. The number of aromatic amines is 2. The molecule has 4 heterocycles. The number of aromatic nitrogens is 3. The Kier molecular flexibility index (Phi) is 3.49. The van der Waals surface area contributed by atoms with Gasteiger partial charge in [0.05, 0.1) is 26.9 Å². The fourth-order valence-corrected chi connectivity index (χ4v) is 4.55. The number of nitrogen functional groups attached to an aromatic ring is 1. The van der Waals surface area contributed by atoms with Crippen molar-refractivity contribution < 1.29 is 0 Å². The van der Waals surface area contributed by atoms with Crippen LogP contribution in [-0.4, -0.2) is 28.0 Å². The van der Waals surface area contributed by atoms with Crippen LogP contribution in [0.1, 0.15) is 19.3 Å². The van der Waals surface area contributed by atoms with Crippen molar-refractivity contribution in [3.05, 3.63) is 40.0 Å². The van der Waals surface area contributed by atoms with E-state index in [9.17, 15) is 4.79 Å². The van der Waals surface area contributed by atoms with Crippen molar-refractivity contribution in [1.82, 2.24) is 15.0 Å². The first-order valence-electron chi connectivity index (χ1n) is 8.85. The third kappa shape index (κ3) is 2.39. The minimum Gasteiger partial charge on any atom is -0.397 e. The molecule has 132 valence electrons. The predicted octanol–water partition coefficient (Wildman–Crippen LogP) is 3.71. The lowest BCUT2D eigenvalue weighted by atomic mass is 10.1. The summed E-state index contributed by atoms with van der Waals surface area (Å²) in [5.41, 5.74) is 10.7. The largest absolute Gasteiger partial charge is 0.397 e. The lowest BCUT2D eigenvalue weighted by molar-refractivity contribution is 0.578. The number of rotatable bonds is 2. The van der Waals surface area contributed by atoms with Crippen molar-refractivity contribution in [2.24, 2.45) is 0 Å². The zero-order valence-electron chi connectivity index (χ0n) is 14.2. The van der Waals surface area contributed by atoms with Crippen LogP contribution in [0.3, 0.4) is 0 Å². The molecule has 4 N–H and O–H groups in total. The van der Waals surface area contributed by atoms with Crippen LogP contribution in [-0.2, 0) is 0 Å². The van der Waals surface area contributed by atoms with Gasteiger partial charge >= 0.3 is 0 Å². The molecule has 26 heavy (non-hydrogen) atoms. The highest BCUT2D eigenvalue weighted by atomic mass is 32.1. The number of piperidine rings is 1. The predicted molar refractivity (Wildman–Crippen MR) is 108 cm³/mol. The van der Waals surface area contributed by atoms with E-state index < -0.39 is 0 Å². The van der Waals surface area contributed by atoms with Crippen LogP contribution >= 0.6 is 11.3 Å². The molecule has 1 aliphatic heterocycles. The van der Waals surface area contributed by atoms with E-state index in [0.717, 1.165) is 34.3 Å². The molecule has 0 saturated carbocycles. The SMILES string of the molecule is Nc1c(-c2nc3ccc(N4CCCCC4)cc3[nH]2)c(=O)[nH]c2ccsc12. The van der Waals surface area contributed by atoms with Crippen LogP contribution in [0.15, 0.2) is 34.4 Å². The number of benzene rings is 1. The number of pyridine rings is 1. The summed E-state index contributed by atoms with van der Waals surface area (Å²) in [5, 5.41) is 1.92. The monoisotopic (exact) mass is 365 g/mol. The molecule has 0 aliphatic carbocycles. The molecule has 0 spiro atoms. The molecule has 0 amide bonds. The fourth-order valence-electron chi connectivity index (χ4n) is 3.74. The van der Waals surface area contributed by atoms with E-state index >= 15 is 0 Å². The summed E-state index contributed by atoms with van der Waals surface area (Å²) in [6.45, 7) is 2.18. The Morgan fingerprint density at radius 2 is 1.92 bits per heavy atom. The van der Waals surface area contributed by atoms with Gasteiger partial charge in [-0.15, -0.1) is 11.3 Å². The summed E-state index contributed by atoms with van der Waals surface area (Å²) in [7, 11) is 0. The van der Waals surface area contributed by atoms with Gasteiger partial charge in [-0.05, 0) is 48.9 Å². The number of nitrogens with two attached hydrogens (primary N) is 1. The van der Waals surface area contributed by atoms with Crippen LogP contribution in [0.4, 0.5) is 11.4 Å². The van der Waals surface area contributed by atoms with Crippen LogP contribution in [0.2, 0.25) is 0 Å². The molecule has 4 aromatic rings. The Labute approximate surface area is 153 Å². The zero-order valence-corrected chi connectivity index (χ0v) is 15.0. The maximum absolute atomic E-state index is 12.5. The molecule has 7 heteroatoms. The topological polar surface area (TPSA) is 90.8 Å². The van der Waals surface area contributed by atoms with E-state index in [0.29, 0.717) is 17.1 Å². The number of anilines is 2. The van der Waals surface area contributed by atoms with Crippen LogP contribution in [0.5, 0.6) is 0 Å². The van der Waals surface area contributed by atoms with E-state index in [1.807, 2.05) is 17.5 Å². The normalized spacial score (nSPS) is 15.2. The van der Waals surface area contributed by atoms with Gasteiger partial charge in [-0.25, -0.2) is 4.98 Å². The number of hydrogen-bond donors (Lipinski definition) is 3. The summed E-state index contributed by atoms with van der Waals surface area (Å²) in [4.78, 5) is 25.8. The lowest BCUT2D eigenvalue weighted by Gasteiger charge is -2.28. The molecular formula is C19H19N5OS. The van der Waals surface area contributed by atoms with Crippen molar-refractivity contribution in [3.63, 3.8) is 0 Å². The van der Waals surface area contributed by atoms with Crippen molar-refractivity contribution in [3.8, 4) is 11.4 Å². The Morgan fingerprint density at radius 1 is 1.08 bits per heavy atom.